The first-order valence-corrected chi connectivity index (χ1v) is 10.1. The van der Waals surface area contributed by atoms with Crippen LogP contribution in [-0.2, 0) is 11.2 Å². The van der Waals surface area contributed by atoms with Gasteiger partial charge in [0.1, 0.15) is 5.75 Å². The van der Waals surface area contributed by atoms with Gasteiger partial charge in [-0.3, -0.25) is 4.79 Å². The molecule has 1 heterocycles. The molecule has 0 aromatic heterocycles. The second-order valence-corrected chi connectivity index (χ2v) is 7.44. The van der Waals surface area contributed by atoms with Gasteiger partial charge in [-0.15, -0.1) is 0 Å². The number of carbonyl (C=O) groups excluding carboxylic acids is 2. The van der Waals surface area contributed by atoms with Crippen molar-refractivity contribution in [1.29, 1.82) is 0 Å². The van der Waals surface area contributed by atoms with Crippen molar-refractivity contribution in [2.45, 2.75) is 26.2 Å². The zero-order valence-electron chi connectivity index (χ0n) is 17.1. The van der Waals surface area contributed by atoms with Crippen LogP contribution in [0.2, 0.25) is 0 Å². The quantitative estimate of drug-likeness (QED) is 0.785. The van der Waals surface area contributed by atoms with E-state index in [9.17, 15) is 9.59 Å². The third-order valence-electron chi connectivity index (χ3n) is 5.23. The third kappa shape index (κ3) is 5.73. The topological polar surface area (TPSA) is 70.7 Å². The van der Waals surface area contributed by atoms with Crippen molar-refractivity contribution in [1.82, 2.24) is 10.2 Å². The van der Waals surface area contributed by atoms with E-state index in [1.54, 1.807) is 12.0 Å². The van der Waals surface area contributed by atoms with Crippen molar-refractivity contribution in [3.63, 3.8) is 0 Å². The summed E-state index contributed by atoms with van der Waals surface area (Å²) in [7, 11) is 1.66. The number of benzene rings is 2. The summed E-state index contributed by atoms with van der Waals surface area (Å²) in [6.45, 7) is 3.70. The molecule has 1 aliphatic heterocycles. The van der Waals surface area contributed by atoms with Crippen LogP contribution in [0.5, 0.6) is 5.75 Å². The largest absolute Gasteiger partial charge is 0.496 e. The molecule has 0 saturated carbocycles. The molecule has 1 unspecified atom stereocenters. The second-order valence-electron chi connectivity index (χ2n) is 7.44. The molecule has 0 aliphatic carbocycles. The highest BCUT2D eigenvalue weighted by atomic mass is 16.5. The fourth-order valence-electron chi connectivity index (χ4n) is 3.67. The molecular formula is C23H29N3O3. The van der Waals surface area contributed by atoms with E-state index in [1.165, 1.54) is 5.56 Å². The zero-order chi connectivity index (χ0) is 20.6. The lowest BCUT2D eigenvalue weighted by atomic mass is 9.97. The van der Waals surface area contributed by atoms with E-state index in [0.29, 0.717) is 26.1 Å². The Morgan fingerprint density at radius 3 is 2.72 bits per heavy atom. The van der Waals surface area contributed by atoms with Gasteiger partial charge in [0.2, 0.25) is 5.91 Å². The average Bonchev–Trinajstić information content (AvgIpc) is 2.74. The zero-order valence-corrected chi connectivity index (χ0v) is 17.1. The number of nitrogens with zero attached hydrogens (tertiary/aromatic N) is 1. The number of likely N-dealkylation sites (tertiary alicyclic amines) is 1. The van der Waals surface area contributed by atoms with Gasteiger partial charge in [-0.05, 0) is 49.9 Å². The van der Waals surface area contributed by atoms with Gasteiger partial charge in [0.15, 0.2) is 0 Å². The Morgan fingerprint density at radius 1 is 1.17 bits per heavy atom. The molecule has 154 valence electrons. The van der Waals surface area contributed by atoms with Gasteiger partial charge in [0.05, 0.1) is 13.0 Å². The molecule has 0 spiro atoms. The lowest BCUT2D eigenvalue weighted by Gasteiger charge is -2.32. The van der Waals surface area contributed by atoms with Gasteiger partial charge in [0, 0.05) is 25.3 Å². The summed E-state index contributed by atoms with van der Waals surface area (Å²) < 4.78 is 5.40. The number of anilines is 1. The molecule has 29 heavy (non-hydrogen) atoms. The SMILES string of the molecule is COc1ccc(C)cc1CCNC(=O)C1CCCN(C(=O)Nc2ccccc2)C1. The standard InChI is InChI=1S/C23H29N3O3/c1-17-10-11-21(29-2)18(15-17)12-13-24-22(27)19-7-6-14-26(16-19)23(28)25-20-8-4-3-5-9-20/h3-5,8-11,15,19H,6-7,12-14,16H2,1-2H3,(H,24,27)(H,25,28). The van der Waals surface area contributed by atoms with Crippen LogP contribution in [0.4, 0.5) is 10.5 Å². The average molecular weight is 396 g/mol. The molecule has 2 N–H and O–H groups in total. The number of ether oxygens (including phenoxy) is 1. The minimum Gasteiger partial charge on any atom is -0.496 e. The highest BCUT2D eigenvalue weighted by Crippen LogP contribution is 2.21. The van der Waals surface area contributed by atoms with Crippen molar-refractivity contribution in [3.05, 3.63) is 59.7 Å². The number of hydrogen-bond acceptors (Lipinski definition) is 3. The highest BCUT2D eigenvalue weighted by Gasteiger charge is 2.28. The maximum atomic E-state index is 12.6. The first kappa shape index (κ1) is 20.7. The van der Waals surface area contributed by atoms with Crippen LogP contribution in [0.25, 0.3) is 0 Å². The summed E-state index contributed by atoms with van der Waals surface area (Å²) in [5, 5.41) is 5.92. The Balaban J connectivity index is 1.49. The third-order valence-corrected chi connectivity index (χ3v) is 5.23. The Bertz CT molecular complexity index is 839. The molecule has 6 heteroatoms. The van der Waals surface area contributed by atoms with Gasteiger partial charge in [-0.2, -0.15) is 0 Å². The van der Waals surface area contributed by atoms with Crippen molar-refractivity contribution >= 4 is 17.6 Å². The normalized spacial score (nSPS) is 16.2. The number of methoxy groups -OCH3 is 1. The number of aryl methyl sites for hydroxylation is 1. The number of para-hydroxylation sites is 1. The van der Waals surface area contributed by atoms with Crippen LogP contribution >= 0.6 is 0 Å². The minimum atomic E-state index is -0.176. The van der Waals surface area contributed by atoms with Crippen LogP contribution in [0.3, 0.4) is 0 Å². The summed E-state index contributed by atoms with van der Waals surface area (Å²) in [5.41, 5.74) is 3.01. The monoisotopic (exact) mass is 395 g/mol. The number of piperidine rings is 1. The Labute approximate surface area is 172 Å². The van der Waals surface area contributed by atoms with Crippen LogP contribution in [0.15, 0.2) is 48.5 Å². The molecule has 1 saturated heterocycles. The summed E-state index contributed by atoms with van der Waals surface area (Å²) in [6.07, 6.45) is 2.34. The molecule has 6 nitrogen and oxygen atoms in total. The molecule has 1 aliphatic rings. The van der Waals surface area contributed by atoms with E-state index in [4.69, 9.17) is 4.74 Å². The van der Waals surface area contributed by atoms with E-state index in [2.05, 4.69) is 16.7 Å². The Kier molecular flexibility index (Phi) is 7.11. The predicted molar refractivity (Wildman–Crippen MR) is 114 cm³/mol. The number of hydrogen-bond donors (Lipinski definition) is 2. The fourth-order valence-corrected chi connectivity index (χ4v) is 3.67. The molecule has 3 rings (SSSR count). The maximum Gasteiger partial charge on any atom is 0.321 e. The molecule has 1 atom stereocenters. The molecule has 2 aromatic carbocycles. The number of urea groups is 1. The number of rotatable bonds is 6. The molecule has 1 fully saturated rings. The lowest BCUT2D eigenvalue weighted by molar-refractivity contribution is -0.126. The van der Waals surface area contributed by atoms with Gasteiger partial charge >= 0.3 is 6.03 Å². The van der Waals surface area contributed by atoms with Crippen molar-refractivity contribution < 1.29 is 14.3 Å². The van der Waals surface area contributed by atoms with Crippen molar-refractivity contribution in [2.75, 3.05) is 32.1 Å². The second kappa shape index (κ2) is 9.96. The first-order valence-electron chi connectivity index (χ1n) is 10.1. The van der Waals surface area contributed by atoms with E-state index in [0.717, 1.165) is 29.8 Å². The van der Waals surface area contributed by atoms with Crippen molar-refractivity contribution in [3.8, 4) is 5.75 Å². The molecule has 0 bridgehead atoms. The van der Waals surface area contributed by atoms with Crippen LogP contribution in [-0.4, -0.2) is 43.6 Å². The molecule has 2 aromatic rings. The predicted octanol–water partition coefficient (Wildman–Crippen LogP) is 3.61. The van der Waals surface area contributed by atoms with Crippen molar-refractivity contribution in [2.24, 2.45) is 5.92 Å². The van der Waals surface area contributed by atoms with E-state index in [1.807, 2.05) is 49.4 Å². The van der Waals surface area contributed by atoms with Gasteiger partial charge < -0.3 is 20.3 Å². The van der Waals surface area contributed by atoms with Crippen LogP contribution in [0.1, 0.15) is 24.0 Å². The Hall–Kier alpha value is -3.02. The molecule has 0 radical (unpaired) electrons. The summed E-state index contributed by atoms with van der Waals surface area (Å²) in [4.78, 5) is 26.9. The van der Waals surface area contributed by atoms with E-state index < -0.39 is 0 Å². The minimum absolute atomic E-state index is 0.00818. The number of amides is 3. The van der Waals surface area contributed by atoms with Gasteiger partial charge in [-0.25, -0.2) is 4.79 Å². The lowest BCUT2D eigenvalue weighted by Crippen LogP contribution is -2.47. The fraction of sp³-hybridized carbons (Fsp3) is 0.391. The van der Waals surface area contributed by atoms with Crippen LogP contribution < -0.4 is 15.4 Å². The summed E-state index contributed by atoms with van der Waals surface area (Å²) in [5.74, 6) is 0.671. The number of nitrogens with one attached hydrogen (secondary N) is 2. The summed E-state index contributed by atoms with van der Waals surface area (Å²) in [6, 6.07) is 15.3. The Morgan fingerprint density at radius 2 is 1.97 bits per heavy atom. The van der Waals surface area contributed by atoms with E-state index >= 15 is 0 Å². The molecular weight excluding hydrogens is 366 g/mol. The highest BCUT2D eigenvalue weighted by molar-refractivity contribution is 5.90. The van der Waals surface area contributed by atoms with Crippen LogP contribution in [0, 0.1) is 12.8 Å². The summed E-state index contributed by atoms with van der Waals surface area (Å²) >= 11 is 0. The first-order chi connectivity index (χ1) is 14.1. The smallest absolute Gasteiger partial charge is 0.321 e. The molecule has 3 amide bonds. The van der Waals surface area contributed by atoms with E-state index in [-0.39, 0.29) is 17.9 Å². The van der Waals surface area contributed by atoms with Gasteiger partial charge in [0.25, 0.3) is 0 Å². The van der Waals surface area contributed by atoms with Gasteiger partial charge in [-0.1, -0.05) is 35.9 Å². The number of carbonyl (C=O) groups is 2. The maximum absolute atomic E-state index is 12.6.